The zero-order valence-corrected chi connectivity index (χ0v) is 26.1. The molecule has 5 aliphatic heterocycles. The molecule has 13 heteroatoms. The highest BCUT2D eigenvalue weighted by Gasteiger charge is 2.51. The molecule has 10 nitrogen and oxygen atoms in total. The Morgan fingerprint density at radius 1 is 1.07 bits per heavy atom. The largest absolute Gasteiger partial charge is 0.508 e. The molecule has 1 saturated carbocycles. The molecule has 0 radical (unpaired) electrons. The van der Waals surface area contributed by atoms with E-state index in [2.05, 4.69) is 15.2 Å². The molecule has 9 rings (SSSR count). The lowest BCUT2D eigenvalue weighted by Crippen LogP contribution is -2.52. The van der Waals surface area contributed by atoms with Crippen LogP contribution in [0.2, 0.25) is 0 Å². The van der Waals surface area contributed by atoms with Gasteiger partial charge in [0.2, 0.25) is 0 Å². The normalized spacial score (nSPS) is 30.3. The fraction of sp³-hybridized carbons (Fsp3) is 0.515. The zero-order chi connectivity index (χ0) is 31.4. The van der Waals surface area contributed by atoms with Crippen molar-refractivity contribution in [2.45, 2.75) is 79.7 Å². The van der Waals surface area contributed by atoms with Crippen LogP contribution in [0.15, 0.2) is 41.3 Å². The molecule has 242 valence electrons. The van der Waals surface area contributed by atoms with Crippen LogP contribution < -0.4 is 15.0 Å². The van der Waals surface area contributed by atoms with Gasteiger partial charge in [0.15, 0.2) is 16.5 Å². The number of rotatable bonds is 6. The number of phenolic OH excluding ortho intramolecular Hbond substituents is 1. The Kier molecular flexibility index (Phi) is 6.37. The van der Waals surface area contributed by atoms with Gasteiger partial charge in [-0.3, -0.25) is 9.21 Å². The van der Waals surface area contributed by atoms with E-state index in [-0.39, 0.29) is 58.1 Å². The molecule has 2 N–H and O–H groups in total. The van der Waals surface area contributed by atoms with Crippen LogP contribution in [0.1, 0.15) is 56.2 Å². The Balaban J connectivity index is 1.23. The minimum Gasteiger partial charge on any atom is -0.508 e. The summed E-state index contributed by atoms with van der Waals surface area (Å²) in [6.07, 6.45) is 4.22. The van der Waals surface area contributed by atoms with Crippen molar-refractivity contribution in [1.82, 2.24) is 24.5 Å². The Morgan fingerprint density at radius 3 is 2.63 bits per heavy atom. The highest BCUT2D eigenvalue weighted by Crippen LogP contribution is 2.51. The van der Waals surface area contributed by atoms with Crippen molar-refractivity contribution in [3.05, 3.63) is 47.7 Å². The predicted octanol–water partition coefficient (Wildman–Crippen LogP) is 4.19. The number of hydrogen-bond acceptors (Lipinski definition) is 9. The van der Waals surface area contributed by atoms with E-state index in [4.69, 9.17) is 9.72 Å². The molecule has 6 heterocycles. The molecule has 1 aliphatic carbocycles. The summed E-state index contributed by atoms with van der Waals surface area (Å²) in [5.74, 6) is -0.751. The van der Waals surface area contributed by atoms with Gasteiger partial charge >= 0.3 is 6.01 Å². The first kappa shape index (κ1) is 28.7. The van der Waals surface area contributed by atoms with Crippen LogP contribution in [0.5, 0.6) is 11.8 Å². The highest BCUT2D eigenvalue weighted by molar-refractivity contribution is 7.89. The van der Waals surface area contributed by atoms with Crippen molar-refractivity contribution in [2.24, 2.45) is 0 Å². The lowest BCUT2D eigenvalue weighted by atomic mass is 9.95. The number of nitrogens with zero attached hydrogens (tertiary/aromatic N) is 5. The van der Waals surface area contributed by atoms with E-state index < -0.39 is 33.6 Å². The van der Waals surface area contributed by atoms with Crippen LogP contribution in [0.4, 0.5) is 14.6 Å². The molecule has 4 saturated heterocycles. The van der Waals surface area contributed by atoms with Gasteiger partial charge in [0.05, 0.1) is 11.2 Å². The third-order valence-electron chi connectivity index (χ3n) is 10.7. The van der Waals surface area contributed by atoms with Crippen LogP contribution in [0.25, 0.3) is 22.3 Å². The maximum Gasteiger partial charge on any atom is 0.319 e. The average molecular weight is 651 g/mol. The summed E-state index contributed by atoms with van der Waals surface area (Å²) >= 11 is 0. The van der Waals surface area contributed by atoms with Gasteiger partial charge in [0, 0.05) is 49.7 Å². The Morgan fingerprint density at radius 2 is 1.85 bits per heavy atom. The van der Waals surface area contributed by atoms with Gasteiger partial charge in [-0.2, -0.15) is 9.97 Å². The molecule has 0 spiro atoms. The van der Waals surface area contributed by atoms with Crippen LogP contribution >= 0.6 is 0 Å². The number of alkyl halides is 1. The van der Waals surface area contributed by atoms with E-state index in [1.54, 1.807) is 24.3 Å². The summed E-state index contributed by atoms with van der Waals surface area (Å²) < 4.78 is 68.9. The number of piperazine rings is 1. The molecule has 6 aliphatic rings. The third-order valence-corrected chi connectivity index (χ3v) is 12.6. The van der Waals surface area contributed by atoms with Gasteiger partial charge < -0.3 is 20.1 Å². The molecule has 46 heavy (non-hydrogen) atoms. The van der Waals surface area contributed by atoms with E-state index in [1.807, 2.05) is 11.0 Å². The van der Waals surface area contributed by atoms with E-state index in [0.717, 1.165) is 32.2 Å². The number of fused-ring (bicyclic) bond motifs is 5. The lowest BCUT2D eigenvalue weighted by molar-refractivity contribution is 0.107. The van der Waals surface area contributed by atoms with Crippen LogP contribution in [0.3, 0.4) is 0 Å². The molecule has 4 atom stereocenters. The summed E-state index contributed by atoms with van der Waals surface area (Å²) in [6, 6.07) is 9.99. The van der Waals surface area contributed by atoms with E-state index in [0.29, 0.717) is 49.7 Å². The van der Waals surface area contributed by atoms with E-state index in [1.165, 1.54) is 10.4 Å². The van der Waals surface area contributed by atoms with Crippen molar-refractivity contribution in [3.8, 4) is 11.8 Å². The second-order valence-corrected chi connectivity index (χ2v) is 15.6. The predicted molar refractivity (Wildman–Crippen MR) is 168 cm³/mol. The van der Waals surface area contributed by atoms with Crippen LogP contribution in [0, 0.1) is 0 Å². The van der Waals surface area contributed by atoms with Crippen molar-refractivity contribution in [2.75, 3.05) is 37.7 Å². The number of benzene rings is 2. The number of aromatic nitrogens is 2. The lowest BCUT2D eigenvalue weighted by Gasteiger charge is -2.38. The molecule has 2 unspecified atom stereocenters. The molecule has 2 aromatic carbocycles. The third kappa shape index (κ3) is 4.41. The molecule has 3 aromatic rings. The molecule has 2 bridgehead atoms. The quantitative estimate of drug-likeness (QED) is 0.406. The standard InChI is InChI=1S/C33H36F2N6O4S/c34-20-14-33(10-3-11-40(33)15-20)18-45-32-37-28-27(35)29(26-13-24(42)12-19-4-1-2-5-25(19)26)41(23-8-9-23)46(43,44)30(28)31(38-32)39-16-21-6-7-22(17-39)36-21/h1-2,4-5,12-13,20-23,36,42H,3,6-11,14-18H2/t20-,21?,22?,33+/m1/s1. The fourth-order valence-corrected chi connectivity index (χ4v) is 10.5. The molecule has 0 amide bonds. The minimum atomic E-state index is -4.34. The molecular weight excluding hydrogens is 614 g/mol. The number of ether oxygens (including phenoxy) is 1. The smallest absolute Gasteiger partial charge is 0.319 e. The van der Waals surface area contributed by atoms with Gasteiger partial charge in [0.25, 0.3) is 10.0 Å². The van der Waals surface area contributed by atoms with Gasteiger partial charge in [0.1, 0.15) is 24.2 Å². The first-order valence-electron chi connectivity index (χ1n) is 16.3. The van der Waals surface area contributed by atoms with Crippen molar-refractivity contribution < 1.29 is 27.0 Å². The zero-order valence-electron chi connectivity index (χ0n) is 25.3. The minimum absolute atomic E-state index is 0.0975. The Bertz CT molecular complexity index is 1890. The number of phenols is 1. The first-order valence-corrected chi connectivity index (χ1v) is 17.8. The van der Waals surface area contributed by atoms with Gasteiger partial charge in [-0.1, -0.05) is 24.3 Å². The number of aromatic hydroxyl groups is 1. The SMILES string of the molecule is O=S1(=O)c2c(nc(OC[C@@]34CCCN3C[C@H](F)C4)nc2N2CC3CCC(C2)N3)C(F)=C(c2cc(O)cc3ccccc23)N1C1CC1. The summed E-state index contributed by atoms with van der Waals surface area (Å²) in [7, 11) is -4.34. The number of halogens is 2. The summed E-state index contributed by atoms with van der Waals surface area (Å²) in [5.41, 5.74) is -0.671. The van der Waals surface area contributed by atoms with Crippen molar-refractivity contribution in [1.29, 1.82) is 0 Å². The highest BCUT2D eigenvalue weighted by atomic mass is 32.2. The summed E-state index contributed by atoms with van der Waals surface area (Å²) in [6.45, 7) is 2.33. The van der Waals surface area contributed by atoms with E-state index in [9.17, 15) is 17.9 Å². The maximum absolute atomic E-state index is 17.3. The number of hydrogen-bond donors (Lipinski definition) is 2. The number of sulfonamides is 1. The Hall–Kier alpha value is -3.55. The van der Waals surface area contributed by atoms with Crippen molar-refractivity contribution >= 4 is 38.1 Å². The second-order valence-electron chi connectivity index (χ2n) is 13.8. The monoisotopic (exact) mass is 650 g/mol. The average Bonchev–Trinajstić information content (AvgIpc) is 3.60. The van der Waals surface area contributed by atoms with Crippen LogP contribution in [-0.2, 0) is 10.0 Å². The van der Waals surface area contributed by atoms with E-state index >= 15 is 4.39 Å². The Labute approximate surface area is 266 Å². The first-order chi connectivity index (χ1) is 22.2. The molecule has 1 aromatic heterocycles. The summed E-state index contributed by atoms with van der Waals surface area (Å²) in [4.78, 5) is 13.0. The molecule has 5 fully saturated rings. The van der Waals surface area contributed by atoms with Crippen LogP contribution in [-0.4, -0.2) is 95.3 Å². The van der Waals surface area contributed by atoms with Gasteiger partial charge in [-0.15, -0.1) is 0 Å². The maximum atomic E-state index is 17.3. The fourth-order valence-electron chi connectivity index (χ4n) is 8.54. The number of anilines is 1. The topological polar surface area (TPSA) is 111 Å². The summed E-state index contributed by atoms with van der Waals surface area (Å²) in [5, 5.41) is 15.5. The molecular formula is C33H36F2N6O4S. The van der Waals surface area contributed by atoms with Gasteiger partial charge in [-0.25, -0.2) is 17.2 Å². The van der Waals surface area contributed by atoms with Gasteiger partial charge in [-0.05, 0) is 68.0 Å². The number of nitrogens with one attached hydrogen (secondary N) is 1. The second kappa shape index (κ2) is 10.2. The van der Waals surface area contributed by atoms with Crippen molar-refractivity contribution in [3.63, 3.8) is 0 Å².